The molecule has 2 aromatic carbocycles. The number of benzene rings is 2. The van der Waals surface area contributed by atoms with Gasteiger partial charge in [-0.1, -0.05) is 35.9 Å². The monoisotopic (exact) mass is 545 g/mol. The maximum absolute atomic E-state index is 13.5. The molecule has 0 radical (unpaired) electrons. The van der Waals surface area contributed by atoms with Gasteiger partial charge in [0.1, 0.15) is 12.4 Å². The Morgan fingerprint density at radius 2 is 1.86 bits per heavy atom. The molecule has 1 fully saturated rings. The first-order valence-electron chi connectivity index (χ1n) is 12.8. The zero-order valence-electron chi connectivity index (χ0n) is 21.1. The molecule has 4 rings (SSSR count). The molecule has 8 heteroatoms. The van der Waals surface area contributed by atoms with Crippen molar-refractivity contribution >= 4 is 35.1 Å². The fourth-order valence-corrected chi connectivity index (χ4v) is 5.08. The number of hydrogen-bond donors (Lipinski definition) is 0. The standard InChI is InChI=1S/C29H33Cl2NO5/c1-20-28(29(34)37-19-21-6-12-24(13-7-21)35-15-3-2-14-30)26(22-8-10-23(31)11-9-22)17-27(33)32(20)18-25-5-4-16-36-25/h6-13,25-26H,2-5,14-19H2,1H3. The van der Waals surface area contributed by atoms with E-state index in [2.05, 4.69) is 0 Å². The van der Waals surface area contributed by atoms with Gasteiger partial charge in [-0.2, -0.15) is 0 Å². The smallest absolute Gasteiger partial charge is 0.336 e. The van der Waals surface area contributed by atoms with Crippen molar-refractivity contribution in [2.45, 2.75) is 57.7 Å². The van der Waals surface area contributed by atoms with E-state index in [1.54, 1.807) is 17.0 Å². The molecule has 0 aromatic heterocycles. The number of esters is 1. The maximum Gasteiger partial charge on any atom is 0.336 e. The van der Waals surface area contributed by atoms with Gasteiger partial charge in [0, 0.05) is 35.5 Å². The minimum Gasteiger partial charge on any atom is -0.494 e. The predicted octanol–water partition coefficient (Wildman–Crippen LogP) is 6.25. The van der Waals surface area contributed by atoms with Crippen LogP contribution in [0.4, 0.5) is 0 Å². The lowest BCUT2D eigenvalue weighted by atomic mass is 9.83. The molecule has 2 atom stereocenters. The van der Waals surface area contributed by atoms with Gasteiger partial charge in [0.15, 0.2) is 0 Å². The normalized spacial score (nSPS) is 19.9. The third kappa shape index (κ3) is 7.28. The number of rotatable bonds is 11. The lowest BCUT2D eigenvalue weighted by molar-refractivity contribution is -0.141. The SMILES string of the molecule is CC1=C(C(=O)OCc2ccc(OCCCCCl)cc2)C(c2ccc(Cl)cc2)CC(=O)N1CC1CCCO1. The highest BCUT2D eigenvalue weighted by atomic mass is 35.5. The maximum atomic E-state index is 13.5. The zero-order valence-corrected chi connectivity index (χ0v) is 22.6. The summed E-state index contributed by atoms with van der Waals surface area (Å²) < 4.78 is 17.2. The molecule has 2 aliphatic rings. The highest BCUT2D eigenvalue weighted by Gasteiger charge is 2.38. The van der Waals surface area contributed by atoms with E-state index in [1.165, 1.54) is 0 Å². The van der Waals surface area contributed by atoms with E-state index in [4.69, 9.17) is 37.4 Å². The average Bonchev–Trinajstić information content (AvgIpc) is 3.42. The van der Waals surface area contributed by atoms with Crippen molar-refractivity contribution in [2.24, 2.45) is 0 Å². The van der Waals surface area contributed by atoms with Gasteiger partial charge in [-0.3, -0.25) is 4.79 Å². The molecular weight excluding hydrogens is 513 g/mol. The number of ether oxygens (including phenoxy) is 3. The third-order valence-electron chi connectivity index (χ3n) is 6.82. The van der Waals surface area contributed by atoms with Crippen molar-refractivity contribution in [3.05, 3.63) is 76.0 Å². The number of alkyl halides is 1. The average molecular weight is 546 g/mol. The van der Waals surface area contributed by atoms with E-state index < -0.39 is 11.9 Å². The summed E-state index contributed by atoms with van der Waals surface area (Å²) in [7, 11) is 0. The molecule has 0 aliphatic carbocycles. The topological polar surface area (TPSA) is 65.1 Å². The lowest BCUT2D eigenvalue weighted by Crippen LogP contribution is -2.42. The summed E-state index contributed by atoms with van der Waals surface area (Å²) in [5.41, 5.74) is 2.83. The van der Waals surface area contributed by atoms with E-state index in [9.17, 15) is 9.59 Å². The zero-order chi connectivity index (χ0) is 26.2. The first-order valence-corrected chi connectivity index (χ1v) is 13.7. The summed E-state index contributed by atoms with van der Waals surface area (Å²) >= 11 is 11.8. The van der Waals surface area contributed by atoms with Crippen LogP contribution in [-0.4, -0.2) is 48.5 Å². The fraction of sp³-hybridized carbons (Fsp3) is 0.448. The summed E-state index contributed by atoms with van der Waals surface area (Å²) in [6.45, 7) is 3.70. The van der Waals surface area contributed by atoms with Gasteiger partial charge < -0.3 is 19.1 Å². The molecular formula is C29H33Cl2NO5. The second-order valence-electron chi connectivity index (χ2n) is 9.41. The molecule has 2 aromatic rings. The van der Waals surface area contributed by atoms with Crippen LogP contribution in [0.3, 0.4) is 0 Å². The molecule has 37 heavy (non-hydrogen) atoms. The first-order chi connectivity index (χ1) is 18.0. The summed E-state index contributed by atoms with van der Waals surface area (Å²) in [5.74, 6) is 0.543. The number of carbonyl (C=O) groups is 2. The molecule has 0 saturated carbocycles. The van der Waals surface area contributed by atoms with E-state index >= 15 is 0 Å². The lowest BCUT2D eigenvalue weighted by Gasteiger charge is -2.35. The van der Waals surface area contributed by atoms with Crippen LogP contribution >= 0.6 is 23.2 Å². The number of halogens is 2. The number of unbranched alkanes of at least 4 members (excludes halogenated alkanes) is 1. The van der Waals surface area contributed by atoms with Crippen molar-refractivity contribution in [2.75, 3.05) is 25.6 Å². The Kier molecular flexibility index (Phi) is 9.89. The van der Waals surface area contributed by atoms with Gasteiger partial charge in [0.2, 0.25) is 5.91 Å². The van der Waals surface area contributed by atoms with E-state index in [0.717, 1.165) is 42.6 Å². The quantitative estimate of drug-likeness (QED) is 0.189. The Balaban J connectivity index is 1.49. The van der Waals surface area contributed by atoms with Crippen LogP contribution in [0.25, 0.3) is 0 Å². The Hall–Kier alpha value is -2.54. The molecule has 0 bridgehead atoms. The molecule has 6 nitrogen and oxygen atoms in total. The van der Waals surface area contributed by atoms with Gasteiger partial charge in [-0.25, -0.2) is 4.79 Å². The van der Waals surface area contributed by atoms with Crippen LogP contribution in [0, 0.1) is 0 Å². The van der Waals surface area contributed by atoms with Crippen molar-refractivity contribution in [3.63, 3.8) is 0 Å². The Labute approximate surface area is 228 Å². The minimum atomic E-state index is -0.427. The summed E-state index contributed by atoms with van der Waals surface area (Å²) in [6, 6.07) is 14.8. The van der Waals surface area contributed by atoms with Crippen molar-refractivity contribution in [1.82, 2.24) is 4.90 Å². The summed E-state index contributed by atoms with van der Waals surface area (Å²) in [4.78, 5) is 28.3. The van der Waals surface area contributed by atoms with Crippen molar-refractivity contribution in [1.29, 1.82) is 0 Å². The van der Waals surface area contributed by atoms with E-state index in [0.29, 0.717) is 41.9 Å². The van der Waals surface area contributed by atoms with E-state index in [1.807, 2.05) is 43.3 Å². The number of nitrogens with zero attached hydrogens (tertiary/aromatic N) is 1. The molecule has 1 amide bonds. The predicted molar refractivity (Wildman–Crippen MR) is 144 cm³/mol. The van der Waals surface area contributed by atoms with Gasteiger partial charge in [-0.15, -0.1) is 11.6 Å². The van der Waals surface area contributed by atoms with Gasteiger partial charge in [-0.05, 0) is 68.0 Å². The van der Waals surface area contributed by atoms with Gasteiger partial charge in [0.25, 0.3) is 0 Å². The highest BCUT2D eigenvalue weighted by molar-refractivity contribution is 6.30. The summed E-state index contributed by atoms with van der Waals surface area (Å²) in [5, 5.41) is 0.599. The Morgan fingerprint density at radius 1 is 1.11 bits per heavy atom. The molecule has 2 aliphatic heterocycles. The number of allylic oxidation sites excluding steroid dienone is 1. The van der Waals surface area contributed by atoms with Gasteiger partial charge in [0.05, 0.1) is 24.8 Å². The number of amides is 1. The van der Waals surface area contributed by atoms with Crippen LogP contribution in [0.15, 0.2) is 59.8 Å². The highest BCUT2D eigenvalue weighted by Crippen LogP contribution is 2.38. The Morgan fingerprint density at radius 3 is 2.54 bits per heavy atom. The van der Waals surface area contributed by atoms with Crippen LogP contribution in [-0.2, 0) is 25.7 Å². The molecule has 2 heterocycles. The molecule has 1 saturated heterocycles. The van der Waals surface area contributed by atoms with Crippen LogP contribution in [0.5, 0.6) is 5.75 Å². The van der Waals surface area contributed by atoms with Crippen LogP contribution < -0.4 is 4.74 Å². The van der Waals surface area contributed by atoms with Crippen molar-refractivity contribution < 1.29 is 23.8 Å². The van der Waals surface area contributed by atoms with Gasteiger partial charge >= 0.3 is 5.97 Å². The number of hydrogen-bond acceptors (Lipinski definition) is 5. The second kappa shape index (κ2) is 13.3. The third-order valence-corrected chi connectivity index (χ3v) is 7.33. The molecule has 198 valence electrons. The Bertz CT molecular complexity index is 1090. The first kappa shape index (κ1) is 27.5. The number of carbonyl (C=O) groups excluding carboxylic acids is 2. The second-order valence-corrected chi connectivity index (χ2v) is 10.2. The molecule has 0 spiro atoms. The van der Waals surface area contributed by atoms with Crippen LogP contribution in [0.2, 0.25) is 5.02 Å². The summed E-state index contributed by atoms with van der Waals surface area (Å²) in [6.07, 6.45) is 3.88. The molecule has 2 unspecified atom stereocenters. The largest absolute Gasteiger partial charge is 0.494 e. The molecule has 0 N–H and O–H groups in total. The van der Waals surface area contributed by atoms with E-state index in [-0.39, 0.29) is 25.0 Å². The minimum absolute atomic E-state index is 0.0149. The fourth-order valence-electron chi connectivity index (χ4n) is 4.77. The van der Waals surface area contributed by atoms with Crippen LogP contribution in [0.1, 0.15) is 56.1 Å². The van der Waals surface area contributed by atoms with Crippen molar-refractivity contribution in [3.8, 4) is 5.75 Å².